The van der Waals surface area contributed by atoms with Crippen LogP contribution >= 0.6 is 22.6 Å². The zero-order valence-electron chi connectivity index (χ0n) is 18.0. The average molecular weight is 561 g/mol. The van der Waals surface area contributed by atoms with Gasteiger partial charge >= 0.3 is 0 Å². The molecular weight excluding hydrogens is 537 g/mol. The predicted molar refractivity (Wildman–Crippen MR) is 136 cm³/mol. The molecule has 32 heavy (non-hydrogen) atoms. The smallest absolute Gasteiger partial charge is 0.264 e. The molecule has 1 N–H and O–H groups in total. The Hall–Kier alpha value is -2.72. The van der Waals surface area contributed by atoms with Crippen molar-refractivity contribution in [2.24, 2.45) is 5.10 Å². The molecule has 0 bridgehead atoms. The molecule has 1 amide bonds. The summed E-state index contributed by atoms with van der Waals surface area (Å²) in [7, 11) is -3.96. The first-order valence-electron chi connectivity index (χ1n) is 9.92. The van der Waals surface area contributed by atoms with Crippen molar-refractivity contribution in [3.05, 3.63) is 93.1 Å². The van der Waals surface area contributed by atoms with Crippen LogP contribution in [0.15, 0.2) is 82.8 Å². The largest absolute Gasteiger partial charge is 0.271 e. The number of halogens is 1. The molecular formula is C24H24IN3O3S. The summed E-state index contributed by atoms with van der Waals surface area (Å²) in [5.74, 6) is -0.533. The van der Waals surface area contributed by atoms with Gasteiger partial charge in [0.15, 0.2) is 0 Å². The van der Waals surface area contributed by atoms with Crippen molar-refractivity contribution in [3.8, 4) is 0 Å². The van der Waals surface area contributed by atoms with Gasteiger partial charge in [-0.1, -0.05) is 48.0 Å². The molecule has 0 aliphatic carbocycles. The molecule has 0 aromatic heterocycles. The second-order valence-electron chi connectivity index (χ2n) is 7.35. The summed E-state index contributed by atoms with van der Waals surface area (Å²) in [6.45, 7) is 5.14. The Bertz CT molecular complexity index is 1240. The van der Waals surface area contributed by atoms with E-state index < -0.39 is 22.5 Å². The van der Waals surface area contributed by atoms with Gasteiger partial charge in [0.2, 0.25) is 0 Å². The molecule has 0 saturated heterocycles. The van der Waals surface area contributed by atoms with Crippen LogP contribution in [0.25, 0.3) is 0 Å². The summed E-state index contributed by atoms with van der Waals surface area (Å²) in [6.07, 6.45) is 0. The van der Waals surface area contributed by atoms with E-state index in [1.165, 1.54) is 12.1 Å². The first-order chi connectivity index (χ1) is 15.2. The van der Waals surface area contributed by atoms with Gasteiger partial charge < -0.3 is 0 Å². The fourth-order valence-corrected chi connectivity index (χ4v) is 5.04. The van der Waals surface area contributed by atoms with E-state index in [2.05, 4.69) is 33.1 Å². The minimum atomic E-state index is -3.96. The Labute approximate surface area is 202 Å². The summed E-state index contributed by atoms with van der Waals surface area (Å²) < 4.78 is 29.0. The van der Waals surface area contributed by atoms with Crippen LogP contribution in [0.2, 0.25) is 0 Å². The third-order valence-electron chi connectivity index (χ3n) is 4.85. The number of nitrogens with one attached hydrogen (secondary N) is 1. The molecule has 0 fully saturated rings. The molecule has 0 atom stereocenters. The first kappa shape index (κ1) is 23.9. The van der Waals surface area contributed by atoms with E-state index in [9.17, 15) is 13.2 Å². The van der Waals surface area contributed by atoms with Gasteiger partial charge in [-0.05, 0) is 84.8 Å². The van der Waals surface area contributed by atoms with Crippen molar-refractivity contribution in [3.63, 3.8) is 0 Å². The van der Waals surface area contributed by atoms with Crippen LogP contribution in [0, 0.1) is 17.4 Å². The highest BCUT2D eigenvalue weighted by Crippen LogP contribution is 2.27. The van der Waals surface area contributed by atoms with Crippen LogP contribution in [-0.4, -0.2) is 26.6 Å². The molecule has 0 saturated carbocycles. The third kappa shape index (κ3) is 5.74. The maximum absolute atomic E-state index is 13.4. The fourth-order valence-electron chi connectivity index (χ4n) is 3.17. The average Bonchev–Trinajstić information content (AvgIpc) is 2.77. The summed E-state index contributed by atoms with van der Waals surface area (Å²) in [5, 5.41) is 4.16. The summed E-state index contributed by atoms with van der Waals surface area (Å²) in [6, 6.07) is 21.2. The summed E-state index contributed by atoms with van der Waals surface area (Å²) in [5.41, 5.74) is 6.20. The Morgan fingerprint density at radius 2 is 1.66 bits per heavy atom. The Morgan fingerprint density at radius 3 is 2.28 bits per heavy atom. The van der Waals surface area contributed by atoms with E-state index in [0.717, 1.165) is 24.6 Å². The van der Waals surface area contributed by atoms with Crippen molar-refractivity contribution in [2.45, 2.75) is 25.7 Å². The van der Waals surface area contributed by atoms with Gasteiger partial charge in [0.25, 0.3) is 15.9 Å². The number of hydrogen-bond donors (Lipinski definition) is 1. The summed E-state index contributed by atoms with van der Waals surface area (Å²) in [4.78, 5) is 12.9. The highest BCUT2D eigenvalue weighted by atomic mass is 127. The minimum absolute atomic E-state index is 0.117. The van der Waals surface area contributed by atoms with Crippen molar-refractivity contribution in [1.29, 1.82) is 0 Å². The molecule has 0 spiro atoms. The lowest BCUT2D eigenvalue weighted by Gasteiger charge is -2.25. The Morgan fingerprint density at radius 1 is 1.00 bits per heavy atom. The number of benzene rings is 3. The molecule has 8 heteroatoms. The zero-order valence-corrected chi connectivity index (χ0v) is 21.0. The maximum Gasteiger partial charge on any atom is 0.264 e. The van der Waals surface area contributed by atoms with Crippen molar-refractivity contribution in [1.82, 2.24) is 5.43 Å². The van der Waals surface area contributed by atoms with Crippen LogP contribution in [0.5, 0.6) is 0 Å². The van der Waals surface area contributed by atoms with Gasteiger partial charge in [0, 0.05) is 3.57 Å². The van der Waals surface area contributed by atoms with Gasteiger partial charge in [-0.15, -0.1) is 0 Å². The standard InChI is InChI=1S/C24H24IN3O3S/c1-17-9-14-23(18(2)15-17)28(32(30,31)22-7-5-4-6-8-22)16-24(29)27-26-19(3)20-10-12-21(25)13-11-20/h4-15H,16H2,1-3H3,(H,27,29)/b26-19-. The number of hydrazone groups is 1. The topological polar surface area (TPSA) is 78.8 Å². The molecule has 166 valence electrons. The molecule has 0 aliphatic rings. The monoisotopic (exact) mass is 561 g/mol. The predicted octanol–water partition coefficient (Wildman–Crippen LogP) is 4.64. The molecule has 0 heterocycles. The van der Waals surface area contributed by atoms with Crippen LogP contribution < -0.4 is 9.73 Å². The van der Waals surface area contributed by atoms with E-state index in [1.807, 2.05) is 50.2 Å². The molecule has 0 radical (unpaired) electrons. The molecule has 0 aliphatic heterocycles. The minimum Gasteiger partial charge on any atom is -0.271 e. The number of hydrogen-bond acceptors (Lipinski definition) is 4. The van der Waals surface area contributed by atoms with Gasteiger partial charge in [0.05, 0.1) is 16.3 Å². The van der Waals surface area contributed by atoms with E-state index in [-0.39, 0.29) is 4.90 Å². The highest BCUT2D eigenvalue weighted by Gasteiger charge is 2.28. The third-order valence-corrected chi connectivity index (χ3v) is 7.34. The second-order valence-corrected chi connectivity index (χ2v) is 10.5. The Kier molecular flexibility index (Phi) is 7.68. The normalized spacial score (nSPS) is 11.8. The molecule has 0 unspecified atom stereocenters. The lowest BCUT2D eigenvalue weighted by molar-refractivity contribution is -0.119. The lowest BCUT2D eigenvalue weighted by Crippen LogP contribution is -2.40. The summed E-state index contributed by atoms with van der Waals surface area (Å²) >= 11 is 2.22. The van der Waals surface area contributed by atoms with Crippen molar-refractivity contribution in [2.75, 3.05) is 10.8 Å². The van der Waals surface area contributed by atoms with Crippen LogP contribution in [0.4, 0.5) is 5.69 Å². The van der Waals surface area contributed by atoms with Gasteiger partial charge in [-0.2, -0.15) is 5.10 Å². The maximum atomic E-state index is 13.4. The lowest BCUT2D eigenvalue weighted by atomic mass is 10.1. The fraction of sp³-hybridized carbons (Fsp3) is 0.167. The SMILES string of the molecule is C/C(=N/NC(=O)CN(c1ccc(C)cc1C)S(=O)(=O)c1ccccc1)c1ccc(I)cc1. The van der Waals surface area contributed by atoms with Crippen LogP contribution in [0.3, 0.4) is 0 Å². The quantitative estimate of drug-likeness (QED) is 0.259. The number of carbonyl (C=O) groups excluding carboxylic acids is 1. The van der Waals surface area contributed by atoms with Crippen LogP contribution in [0.1, 0.15) is 23.6 Å². The van der Waals surface area contributed by atoms with E-state index in [4.69, 9.17) is 0 Å². The number of rotatable bonds is 7. The number of amides is 1. The van der Waals surface area contributed by atoms with E-state index in [0.29, 0.717) is 11.4 Å². The number of anilines is 1. The van der Waals surface area contributed by atoms with Crippen molar-refractivity contribution < 1.29 is 13.2 Å². The molecule has 3 aromatic carbocycles. The number of sulfonamides is 1. The number of nitrogens with zero attached hydrogens (tertiary/aromatic N) is 2. The van der Waals surface area contributed by atoms with Gasteiger partial charge in [-0.3, -0.25) is 9.10 Å². The van der Waals surface area contributed by atoms with E-state index >= 15 is 0 Å². The van der Waals surface area contributed by atoms with Gasteiger partial charge in [0.1, 0.15) is 6.54 Å². The van der Waals surface area contributed by atoms with Crippen molar-refractivity contribution >= 4 is 49.9 Å². The zero-order chi connectivity index (χ0) is 23.3. The molecule has 6 nitrogen and oxygen atoms in total. The number of aryl methyl sites for hydroxylation is 2. The first-order valence-corrected chi connectivity index (χ1v) is 12.4. The second kappa shape index (κ2) is 10.3. The van der Waals surface area contributed by atoms with Gasteiger partial charge in [-0.25, -0.2) is 13.8 Å². The Balaban J connectivity index is 1.89. The van der Waals surface area contributed by atoms with Crippen LogP contribution in [-0.2, 0) is 14.8 Å². The highest BCUT2D eigenvalue weighted by molar-refractivity contribution is 14.1. The number of carbonyl (C=O) groups is 1. The molecule has 3 aromatic rings. The molecule has 3 rings (SSSR count). The van der Waals surface area contributed by atoms with E-state index in [1.54, 1.807) is 31.2 Å².